The van der Waals surface area contributed by atoms with Crippen LogP contribution in [-0.2, 0) is 9.47 Å². The first-order valence-corrected chi connectivity index (χ1v) is 5.52. The molecule has 2 nitrogen and oxygen atoms in total. The van der Waals surface area contributed by atoms with Gasteiger partial charge in [0.15, 0.2) is 6.61 Å². The molecule has 90 valence electrons. The summed E-state index contributed by atoms with van der Waals surface area (Å²) in [5, 5.41) is 0. The second-order valence-electron chi connectivity index (χ2n) is 3.75. The Morgan fingerprint density at radius 1 is 1.50 bits per heavy atom. The van der Waals surface area contributed by atoms with Crippen molar-refractivity contribution < 1.29 is 13.5 Å². The molecule has 0 aliphatic carbocycles. The van der Waals surface area contributed by atoms with Gasteiger partial charge in [0.25, 0.3) is 0 Å². The average molecular weight is 362 g/mol. The summed E-state index contributed by atoms with van der Waals surface area (Å²) in [5.74, 6) is -2.66. The zero-order chi connectivity index (χ0) is 11.3. The summed E-state index contributed by atoms with van der Waals surface area (Å²) >= 11 is 2.00. The number of benzene rings is 1. The molecule has 0 radical (unpaired) electrons. The largest absolute Gasteiger partial charge is 0.486 e. The summed E-state index contributed by atoms with van der Waals surface area (Å²) < 4.78 is 31.0. The van der Waals surface area contributed by atoms with Crippen LogP contribution >= 0.6 is 35.0 Å². The van der Waals surface area contributed by atoms with Crippen LogP contribution in [0.4, 0.5) is 8.78 Å². The molecule has 0 fully saturated rings. The van der Waals surface area contributed by atoms with Crippen LogP contribution in [0.1, 0.15) is 18.1 Å². The highest BCUT2D eigenvalue weighted by molar-refractivity contribution is 14.1. The minimum Gasteiger partial charge on any atom is -0.486 e. The first-order valence-electron chi connectivity index (χ1n) is 4.45. The van der Waals surface area contributed by atoms with Gasteiger partial charge in [-0.25, -0.2) is 0 Å². The van der Waals surface area contributed by atoms with Gasteiger partial charge in [0.2, 0.25) is 0 Å². The monoisotopic (exact) mass is 361 g/mol. The fourth-order valence-corrected chi connectivity index (χ4v) is 2.03. The molecular formula is C10H11ClF2INO. The van der Waals surface area contributed by atoms with Crippen LogP contribution in [0.2, 0.25) is 0 Å². The number of hydrogen-bond acceptors (Lipinski definition) is 2. The first kappa shape index (κ1) is 13.9. The molecule has 1 aromatic carbocycles. The number of ether oxygens (including phenoxy) is 1. The van der Waals surface area contributed by atoms with Crippen molar-refractivity contribution in [2.45, 2.75) is 16.4 Å². The molecule has 1 aliphatic rings. The van der Waals surface area contributed by atoms with Crippen LogP contribution in [0.15, 0.2) is 18.2 Å². The van der Waals surface area contributed by atoms with Crippen LogP contribution in [0, 0.1) is 0 Å². The third-order valence-corrected chi connectivity index (χ3v) is 2.91. The van der Waals surface area contributed by atoms with Crippen LogP contribution in [-0.4, -0.2) is 6.61 Å². The van der Waals surface area contributed by atoms with E-state index in [4.69, 9.17) is 10.5 Å². The van der Waals surface area contributed by atoms with Crippen molar-refractivity contribution in [3.05, 3.63) is 29.3 Å². The van der Waals surface area contributed by atoms with Gasteiger partial charge in [-0.15, -0.1) is 12.4 Å². The lowest BCUT2D eigenvalue weighted by Gasteiger charge is -2.19. The molecule has 16 heavy (non-hydrogen) atoms. The van der Waals surface area contributed by atoms with Crippen LogP contribution in [0.3, 0.4) is 0 Å². The van der Waals surface area contributed by atoms with E-state index in [0.29, 0.717) is 5.56 Å². The minimum absolute atomic E-state index is 0. The zero-order valence-corrected chi connectivity index (χ0v) is 11.4. The fraction of sp³-hybridized carbons (Fsp3) is 0.400. The molecule has 0 aromatic heterocycles. The molecule has 0 bridgehead atoms. The van der Waals surface area contributed by atoms with E-state index in [1.807, 2.05) is 22.6 Å². The molecule has 0 spiro atoms. The highest BCUT2D eigenvalue weighted by Crippen LogP contribution is 2.46. The number of rotatable bonds is 1. The molecule has 2 N–H and O–H groups in total. The Hall–Kier alpha value is -0.140. The van der Waals surface area contributed by atoms with Gasteiger partial charge in [-0.3, -0.25) is 0 Å². The Morgan fingerprint density at radius 2 is 2.12 bits per heavy atom. The first-order chi connectivity index (χ1) is 6.82. The smallest absolute Gasteiger partial charge is 0.310 e. The van der Waals surface area contributed by atoms with Crippen LogP contribution in [0.5, 0.6) is 5.75 Å². The van der Waals surface area contributed by atoms with Crippen molar-refractivity contribution in [3.63, 3.8) is 0 Å². The maximum absolute atomic E-state index is 13.3. The molecule has 1 aromatic rings. The number of nitrogens with two attached hydrogens (primary N) is 1. The molecule has 0 unspecified atom stereocenters. The van der Waals surface area contributed by atoms with Crippen molar-refractivity contribution in [3.8, 4) is 5.75 Å². The number of para-hydroxylation sites is 1. The quantitative estimate of drug-likeness (QED) is 0.474. The predicted molar refractivity (Wildman–Crippen MR) is 68.6 cm³/mol. The van der Waals surface area contributed by atoms with Crippen molar-refractivity contribution in [1.29, 1.82) is 0 Å². The Balaban J connectivity index is 0.00000128. The maximum Gasteiger partial charge on any atom is 0.310 e. The predicted octanol–water partition coefficient (Wildman–Crippen LogP) is 3.16. The Kier molecular flexibility index (Phi) is 3.71. The van der Waals surface area contributed by atoms with Crippen molar-refractivity contribution in [1.82, 2.24) is 0 Å². The molecule has 2 rings (SSSR count). The molecule has 1 aliphatic heterocycles. The topological polar surface area (TPSA) is 35.2 Å². The normalized spacial score (nSPS) is 20.3. The average Bonchev–Trinajstić information content (AvgIpc) is 2.41. The lowest BCUT2D eigenvalue weighted by molar-refractivity contribution is -0.0214. The van der Waals surface area contributed by atoms with E-state index in [1.165, 1.54) is 6.07 Å². The molecule has 6 heteroatoms. The van der Waals surface area contributed by atoms with Crippen molar-refractivity contribution in [2.75, 3.05) is 6.61 Å². The van der Waals surface area contributed by atoms with Gasteiger partial charge >= 0.3 is 5.92 Å². The Bertz CT molecular complexity index is 406. The summed E-state index contributed by atoms with van der Waals surface area (Å²) in [6.07, 6.45) is 0. The summed E-state index contributed by atoms with van der Waals surface area (Å²) in [6, 6.07) is 4.68. The van der Waals surface area contributed by atoms with E-state index in [2.05, 4.69) is 0 Å². The van der Waals surface area contributed by atoms with Gasteiger partial charge in [-0.2, -0.15) is 8.78 Å². The van der Waals surface area contributed by atoms with Gasteiger partial charge in [0.1, 0.15) is 5.75 Å². The Labute approximate surface area is 112 Å². The highest BCUT2D eigenvalue weighted by atomic mass is 127. The third-order valence-electron chi connectivity index (χ3n) is 2.33. The van der Waals surface area contributed by atoms with E-state index in [-0.39, 0.29) is 23.7 Å². The highest BCUT2D eigenvalue weighted by Gasteiger charge is 2.43. The summed E-state index contributed by atoms with van der Waals surface area (Å²) in [5.41, 5.74) is 6.43. The van der Waals surface area contributed by atoms with E-state index < -0.39 is 16.1 Å². The van der Waals surface area contributed by atoms with E-state index >= 15 is 0 Å². The number of alkyl halides is 3. The second kappa shape index (κ2) is 4.27. The number of fused-ring (bicyclic) bond motifs is 1. The van der Waals surface area contributed by atoms with Gasteiger partial charge in [0, 0.05) is 5.56 Å². The van der Waals surface area contributed by atoms with Gasteiger partial charge in [-0.1, -0.05) is 34.7 Å². The summed E-state index contributed by atoms with van der Waals surface area (Å²) in [6.45, 7) is 1.16. The van der Waals surface area contributed by atoms with Gasteiger partial charge in [0.05, 0.1) is 9.11 Å². The standard InChI is InChI=1S/C10H10F2INO.ClH/c1-9(13,14)6-3-2-4-7-8(6)15-5-10(7,11)12;/h2-4H,5,14H2,1H3;1H/t9-;/m0./s1. The molecule has 0 saturated heterocycles. The number of halogens is 4. The molecule has 1 atom stereocenters. The Morgan fingerprint density at radius 3 is 2.69 bits per heavy atom. The van der Waals surface area contributed by atoms with E-state index in [1.54, 1.807) is 19.1 Å². The van der Waals surface area contributed by atoms with Crippen molar-refractivity contribution >= 4 is 35.0 Å². The van der Waals surface area contributed by atoms with Crippen LogP contribution < -0.4 is 10.5 Å². The lowest BCUT2D eigenvalue weighted by Crippen LogP contribution is -2.25. The minimum atomic E-state index is -2.90. The van der Waals surface area contributed by atoms with E-state index in [0.717, 1.165) is 0 Å². The zero-order valence-electron chi connectivity index (χ0n) is 8.47. The summed E-state index contributed by atoms with van der Waals surface area (Å²) in [7, 11) is 0. The van der Waals surface area contributed by atoms with E-state index in [9.17, 15) is 8.78 Å². The van der Waals surface area contributed by atoms with Crippen molar-refractivity contribution in [2.24, 2.45) is 5.73 Å². The molecule has 0 amide bonds. The SMILES string of the molecule is C[C@@](N)(I)c1cccc2c1OCC2(F)F.Cl. The van der Waals surface area contributed by atoms with Gasteiger partial charge < -0.3 is 10.5 Å². The molecular weight excluding hydrogens is 350 g/mol. The fourth-order valence-electron chi connectivity index (χ4n) is 1.61. The molecule has 0 saturated carbocycles. The number of hydrogen-bond donors (Lipinski definition) is 1. The second-order valence-corrected chi connectivity index (χ2v) is 5.99. The third kappa shape index (κ3) is 2.26. The lowest BCUT2D eigenvalue weighted by atomic mass is 10.0. The van der Waals surface area contributed by atoms with Crippen LogP contribution in [0.25, 0.3) is 0 Å². The summed E-state index contributed by atoms with van der Waals surface area (Å²) in [4.78, 5) is 0. The van der Waals surface area contributed by atoms with Gasteiger partial charge in [-0.05, 0) is 13.0 Å². The molecule has 1 heterocycles. The maximum atomic E-state index is 13.3.